The van der Waals surface area contributed by atoms with Gasteiger partial charge in [0.25, 0.3) is 0 Å². The van der Waals surface area contributed by atoms with Crippen molar-refractivity contribution in [2.24, 2.45) is 0 Å². The highest BCUT2D eigenvalue weighted by atomic mass is 14.9. The molecule has 0 aromatic carbocycles. The first kappa shape index (κ1) is 17.0. The van der Waals surface area contributed by atoms with Crippen LogP contribution in [0, 0.1) is 0 Å². The van der Waals surface area contributed by atoms with E-state index >= 15 is 0 Å². The number of hydrogen-bond acceptors (Lipinski definition) is 4. The second-order valence-electron chi connectivity index (χ2n) is 6.66. The molecule has 0 saturated heterocycles. The van der Waals surface area contributed by atoms with Gasteiger partial charge in [0.05, 0.1) is 5.69 Å². The molecule has 0 aliphatic carbocycles. The number of allylic oxidation sites excluding steroid dienone is 1. The summed E-state index contributed by atoms with van der Waals surface area (Å²) in [5, 5.41) is 0. The fourth-order valence-electron chi connectivity index (χ4n) is 2.14. The summed E-state index contributed by atoms with van der Waals surface area (Å²) in [6.45, 7) is 12.3. The Kier molecular flexibility index (Phi) is 5.37. The summed E-state index contributed by atoms with van der Waals surface area (Å²) < 4.78 is 0. The largest absolute Gasteiger partial charge is 0.241 e. The van der Waals surface area contributed by atoms with Crippen molar-refractivity contribution in [2.75, 3.05) is 0 Å². The Bertz CT molecular complexity index is 699. The van der Waals surface area contributed by atoms with E-state index < -0.39 is 0 Å². The normalized spacial score (nSPS) is 13.2. The van der Waals surface area contributed by atoms with Crippen LogP contribution in [0.5, 0.6) is 0 Å². The van der Waals surface area contributed by atoms with Crippen LogP contribution >= 0.6 is 0 Å². The fourth-order valence-corrected chi connectivity index (χ4v) is 2.14. The molecule has 4 heteroatoms. The van der Waals surface area contributed by atoms with Gasteiger partial charge in [0.2, 0.25) is 0 Å². The molecule has 2 aromatic rings. The van der Waals surface area contributed by atoms with Gasteiger partial charge in [-0.1, -0.05) is 40.3 Å². The lowest BCUT2D eigenvalue weighted by Gasteiger charge is -2.17. The molecular formula is C19H24N4. The summed E-state index contributed by atoms with van der Waals surface area (Å²) >= 11 is 0. The van der Waals surface area contributed by atoms with Crippen molar-refractivity contribution in [1.29, 1.82) is 0 Å². The van der Waals surface area contributed by atoms with Crippen LogP contribution in [-0.4, -0.2) is 19.9 Å². The summed E-state index contributed by atoms with van der Waals surface area (Å²) in [4.78, 5) is 17.4. The van der Waals surface area contributed by atoms with Gasteiger partial charge in [-0.2, -0.15) is 0 Å². The zero-order valence-corrected chi connectivity index (χ0v) is 14.3. The molecule has 1 atom stereocenters. The number of hydrogen-bond donors (Lipinski definition) is 0. The summed E-state index contributed by atoms with van der Waals surface area (Å²) in [6.07, 6.45) is 10.1. The smallest absolute Gasteiger partial charge is 0.151 e. The van der Waals surface area contributed by atoms with E-state index in [0.29, 0.717) is 5.92 Å². The van der Waals surface area contributed by atoms with Gasteiger partial charge in [0, 0.05) is 28.9 Å². The van der Waals surface area contributed by atoms with E-state index in [9.17, 15) is 0 Å². The Morgan fingerprint density at radius 1 is 1.22 bits per heavy atom. The Hall–Kier alpha value is -2.36. The first-order valence-electron chi connectivity index (χ1n) is 7.84. The van der Waals surface area contributed by atoms with Gasteiger partial charge in [-0.25, -0.2) is 19.9 Å². The highest BCUT2D eigenvalue weighted by Gasteiger charge is 2.15. The maximum Gasteiger partial charge on any atom is 0.151 e. The molecule has 120 valence electrons. The number of aromatic nitrogens is 4. The van der Waals surface area contributed by atoms with Gasteiger partial charge in [-0.3, -0.25) is 0 Å². The van der Waals surface area contributed by atoms with Crippen molar-refractivity contribution in [3.05, 3.63) is 60.2 Å². The third-order valence-electron chi connectivity index (χ3n) is 3.62. The molecular weight excluding hydrogens is 284 g/mol. The summed E-state index contributed by atoms with van der Waals surface area (Å²) in [6, 6.07) is 3.94. The molecule has 0 aliphatic rings. The number of nitrogens with zero attached hydrogens (tertiary/aromatic N) is 4. The Labute approximate surface area is 138 Å². The highest BCUT2D eigenvalue weighted by molar-refractivity contribution is 5.42. The van der Waals surface area contributed by atoms with Crippen molar-refractivity contribution in [2.45, 2.75) is 45.4 Å². The first-order valence-corrected chi connectivity index (χ1v) is 7.84. The quantitative estimate of drug-likeness (QED) is 0.820. The number of rotatable bonds is 5. The summed E-state index contributed by atoms with van der Waals surface area (Å²) in [5.41, 5.74) is 2.95. The van der Waals surface area contributed by atoms with Gasteiger partial charge in [0.15, 0.2) is 5.82 Å². The molecule has 2 rings (SSSR count). The second-order valence-corrected chi connectivity index (χ2v) is 6.66. The molecule has 0 aliphatic heterocycles. The van der Waals surface area contributed by atoms with E-state index in [-0.39, 0.29) is 5.41 Å². The second kappa shape index (κ2) is 7.27. The van der Waals surface area contributed by atoms with Crippen LogP contribution in [0.4, 0.5) is 0 Å². The van der Waals surface area contributed by atoms with E-state index in [4.69, 9.17) is 0 Å². The van der Waals surface area contributed by atoms with Crippen LogP contribution in [0.3, 0.4) is 0 Å². The lowest BCUT2D eigenvalue weighted by Crippen LogP contribution is -2.14. The highest BCUT2D eigenvalue weighted by Crippen LogP contribution is 2.20. The Morgan fingerprint density at radius 2 is 2.00 bits per heavy atom. The van der Waals surface area contributed by atoms with E-state index in [0.717, 1.165) is 29.3 Å². The standard InChI is InChI=1S/C19H24N4/c1-6-15-12-16(22-13-21-15)14(2)8-7-9-18-20-11-10-17(23-18)19(3,4)5/h6-7,9-14H,1,8H2,2-5H3/b9-7+. The van der Waals surface area contributed by atoms with Gasteiger partial charge in [-0.05, 0) is 30.7 Å². The van der Waals surface area contributed by atoms with Crippen molar-refractivity contribution in [3.63, 3.8) is 0 Å². The molecule has 0 bridgehead atoms. The third kappa shape index (κ3) is 4.81. The first-order chi connectivity index (χ1) is 10.9. The van der Waals surface area contributed by atoms with Crippen molar-refractivity contribution in [3.8, 4) is 0 Å². The molecule has 23 heavy (non-hydrogen) atoms. The van der Waals surface area contributed by atoms with Gasteiger partial charge < -0.3 is 0 Å². The monoisotopic (exact) mass is 308 g/mol. The van der Waals surface area contributed by atoms with Crippen molar-refractivity contribution in [1.82, 2.24) is 19.9 Å². The summed E-state index contributed by atoms with van der Waals surface area (Å²) in [7, 11) is 0. The van der Waals surface area contributed by atoms with Crippen LogP contribution in [0.2, 0.25) is 0 Å². The van der Waals surface area contributed by atoms with Crippen LogP contribution < -0.4 is 0 Å². The molecule has 4 nitrogen and oxygen atoms in total. The average Bonchev–Trinajstić information content (AvgIpc) is 2.54. The van der Waals surface area contributed by atoms with Crippen LogP contribution in [0.1, 0.15) is 62.9 Å². The van der Waals surface area contributed by atoms with Crippen molar-refractivity contribution >= 4 is 12.2 Å². The molecule has 0 amide bonds. The van der Waals surface area contributed by atoms with E-state index in [1.165, 1.54) is 0 Å². The van der Waals surface area contributed by atoms with E-state index in [2.05, 4.69) is 60.3 Å². The minimum atomic E-state index is 0.0286. The molecule has 0 N–H and O–H groups in total. The minimum Gasteiger partial charge on any atom is -0.241 e. The lowest BCUT2D eigenvalue weighted by molar-refractivity contribution is 0.566. The SMILES string of the molecule is C=Cc1cc(C(C)C/C=C/c2nccc(C(C)(C)C)n2)ncn1. The zero-order valence-electron chi connectivity index (χ0n) is 14.3. The summed E-state index contributed by atoms with van der Waals surface area (Å²) in [5.74, 6) is 1.05. The molecule has 1 unspecified atom stereocenters. The molecule has 2 aromatic heterocycles. The minimum absolute atomic E-state index is 0.0286. The average molecular weight is 308 g/mol. The van der Waals surface area contributed by atoms with Crippen LogP contribution in [0.25, 0.3) is 12.2 Å². The Balaban J connectivity index is 2.05. The fraction of sp³-hybridized carbons (Fsp3) is 0.368. The Morgan fingerprint density at radius 3 is 2.70 bits per heavy atom. The van der Waals surface area contributed by atoms with E-state index in [1.807, 2.05) is 24.4 Å². The van der Waals surface area contributed by atoms with Gasteiger partial charge in [0.1, 0.15) is 6.33 Å². The van der Waals surface area contributed by atoms with Gasteiger partial charge in [-0.15, -0.1) is 0 Å². The third-order valence-corrected chi connectivity index (χ3v) is 3.62. The zero-order chi connectivity index (χ0) is 16.9. The van der Waals surface area contributed by atoms with E-state index in [1.54, 1.807) is 12.4 Å². The predicted molar refractivity (Wildman–Crippen MR) is 94.9 cm³/mol. The predicted octanol–water partition coefficient (Wildman–Crippen LogP) is 4.41. The molecule has 2 heterocycles. The van der Waals surface area contributed by atoms with Crippen LogP contribution in [-0.2, 0) is 5.41 Å². The molecule has 0 radical (unpaired) electrons. The molecule has 0 spiro atoms. The maximum absolute atomic E-state index is 4.60. The maximum atomic E-state index is 4.60. The van der Waals surface area contributed by atoms with Crippen LogP contribution in [0.15, 0.2) is 37.3 Å². The van der Waals surface area contributed by atoms with Gasteiger partial charge >= 0.3 is 0 Å². The topological polar surface area (TPSA) is 51.6 Å². The molecule has 0 fully saturated rings. The van der Waals surface area contributed by atoms with Crippen molar-refractivity contribution < 1.29 is 0 Å². The molecule has 0 saturated carbocycles. The lowest BCUT2D eigenvalue weighted by atomic mass is 9.92.